The van der Waals surface area contributed by atoms with Gasteiger partial charge >= 0.3 is 5.69 Å². The number of hydrogen-bond acceptors (Lipinski definition) is 5. The molecule has 0 aromatic carbocycles. The van der Waals surface area contributed by atoms with Crippen LogP contribution in [0.2, 0.25) is 4.34 Å². The minimum Gasteiger partial charge on any atom is -0.339 e. The maximum atomic E-state index is 12.2. The van der Waals surface area contributed by atoms with Crippen LogP contribution < -0.4 is 0 Å². The van der Waals surface area contributed by atoms with Crippen molar-refractivity contribution in [1.82, 2.24) is 14.7 Å². The van der Waals surface area contributed by atoms with Crippen LogP contribution in [0.15, 0.2) is 12.1 Å². The van der Waals surface area contributed by atoms with Crippen molar-refractivity contribution in [3.63, 3.8) is 0 Å². The van der Waals surface area contributed by atoms with Gasteiger partial charge in [-0.15, -0.1) is 11.3 Å². The Labute approximate surface area is 136 Å². The molecule has 22 heavy (non-hydrogen) atoms. The molecule has 2 aromatic heterocycles. The molecule has 0 aliphatic carbocycles. The maximum absolute atomic E-state index is 12.2. The SMILES string of the molecule is Cc1nn(CC(=O)N(C)Cc2ccc(Cl)s2)c(C)c1[N+](=O)[O-]. The first-order chi connectivity index (χ1) is 10.3. The first-order valence-corrected chi connectivity index (χ1v) is 7.65. The number of nitrogens with zero attached hydrogens (tertiary/aromatic N) is 4. The molecule has 2 aromatic rings. The van der Waals surface area contributed by atoms with Gasteiger partial charge in [-0.25, -0.2) is 0 Å². The van der Waals surface area contributed by atoms with Crippen LogP contribution in [0.1, 0.15) is 16.3 Å². The van der Waals surface area contributed by atoms with Crippen LogP contribution in [-0.4, -0.2) is 32.6 Å². The topological polar surface area (TPSA) is 81.3 Å². The van der Waals surface area contributed by atoms with E-state index in [1.54, 1.807) is 31.9 Å². The third kappa shape index (κ3) is 3.45. The first-order valence-electron chi connectivity index (χ1n) is 6.46. The van der Waals surface area contributed by atoms with Crippen molar-refractivity contribution in [2.45, 2.75) is 26.9 Å². The third-order valence-electron chi connectivity index (χ3n) is 3.26. The fraction of sp³-hybridized carbons (Fsp3) is 0.385. The molecule has 0 radical (unpaired) electrons. The van der Waals surface area contributed by atoms with Crippen LogP contribution in [0.5, 0.6) is 0 Å². The molecular weight excluding hydrogens is 328 g/mol. The third-order valence-corrected chi connectivity index (χ3v) is 4.47. The lowest BCUT2D eigenvalue weighted by atomic mass is 10.3. The van der Waals surface area contributed by atoms with E-state index in [4.69, 9.17) is 11.6 Å². The van der Waals surface area contributed by atoms with Gasteiger partial charge in [0.1, 0.15) is 17.9 Å². The number of likely N-dealkylation sites (N-methyl/N-ethyl adjacent to an activating group) is 1. The Kier molecular flexibility index (Phi) is 4.82. The number of amides is 1. The smallest absolute Gasteiger partial charge is 0.312 e. The average Bonchev–Trinajstić information content (AvgIpc) is 2.93. The van der Waals surface area contributed by atoms with Gasteiger partial charge in [0.2, 0.25) is 5.91 Å². The van der Waals surface area contributed by atoms with E-state index in [1.165, 1.54) is 16.0 Å². The molecule has 0 fully saturated rings. The first kappa shape index (κ1) is 16.4. The number of aromatic nitrogens is 2. The summed E-state index contributed by atoms with van der Waals surface area (Å²) in [6.45, 7) is 3.56. The van der Waals surface area contributed by atoms with Crippen molar-refractivity contribution in [3.8, 4) is 0 Å². The molecule has 0 unspecified atom stereocenters. The molecule has 2 rings (SSSR count). The largest absolute Gasteiger partial charge is 0.339 e. The Morgan fingerprint density at radius 1 is 1.50 bits per heavy atom. The highest BCUT2D eigenvalue weighted by Crippen LogP contribution is 2.23. The minimum atomic E-state index is -0.476. The number of thiophene rings is 1. The van der Waals surface area contributed by atoms with Crippen molar-refractivity contribution < 1.29 is 9.72 Å². The fourth-order valence-electron chi connectivity index (χ4n) is 2.11. The van der Waals surface area contributed by atoms with Crippen LogP contribution in [0, 0.1) is 24.0 Å². The van der Waals surface area contributed by atoms with E-state index in [0.29, 0.717) is 22.3 Å². The number of aryl methyl sites for hydroxylation is 1. The van der Waals surface area contributed by atoms with E-state index in [1.807, 2.05) is 6.07 Å². The number of carbonyl (C=O) groups is 1. The Balaban J connectivity index is 2.08. The monoisotopic (exact) mass is 342 g/mol. The predicted octanol–water partition coefficient (Wildman–Crippen LogP) is 2.78. The fourth-order valence-corrected chi connectivity index (χ4v) is 3.25. The summed E-state index contributed by atoms with van der Waals surface area (Å²) in [5.41, 5.74) is 0.645. The summed E-state index contributed by atoms with van der Waals surface area (Å²) < 4.78 is 2.04. The van der Waals surface area contributed by atoms with E-state index in [0.717, 1.165) is 4.88 Å². The van der Waals surface area contributed by atoms with Gasteiger partial charge < -0.3 is 4.90 Å². The highest BCUT2D eigenvalue weighted by atomic mass is 35.5. The number of carbonyl (C=O) groups excluding carboxylic acids is 1. The molecule has 0 N–H and O–H groups in total. The van der Waals surface area contributed by atoms with Gasteiger partial charge in [-0.3, -0.25) is 19.6 Å². The second kappa shape index (κ2) is 6.45. The molecule has 0 saturated carbocycles. The van der Waals surface area contributed by atoms with Gasteiger partial charge in [-0.1, -0.05) is 11.6 Å². The van der Waals surface area contributed by atoms with Crippen molar-refractivity contribution in [2.24, 2.45) is 0 Å². The van der Waals surface area contributed by atoms with Crippen LogP contribution in [0.3, 0.4) is 0 Å². The van der Waals surface area contributed by atoms with Gasteiger partial charge in [0.15, 0.2) is 0 Å². The average molecular weight is 343 g/mol. The molecule has 118 valence electrons. The second-order valence-electron chi connectivity index (χ2n) is 4.89. The van der Waals surface area contributed by atoms with E-state index >= 15 is 0 Å². The van der Waals surface area contributed by atoms with E-state index < -0.39 is 4.92 Å². The van der Waals surface area contributed by atoms with Crippen molar-refractivity contribution in [2.75, 3.05) is 7.05 Å². The summed E-state index contributed by atoms with van der Waals surface area (Å²) in [5.74, 6) is -0.176. The lowest BCUT2D eigenvalue weighted by molar-refractivity contribution is -0.386. The predicted molar refractivity (Wildman–Crippen MR) is 84.2 cm³/mol. The molecule has 2 heterocycles. The standard InChI is InChI=1S/C13H15ClN4O3S/c1-8-13(18(20)21)9(2)17(15-8)7-12(19)16(3)6-10-4-5-11(14)22-10/h4-5H,6-7H2,1-3H3. The summed E-state index contributed by atoms with van der Waals surface area (Å²) in [5, 5.41) is 15.0. The van der Waals surface area contributed by atoms with Crippen LogP contribution in [0.25, 0.3) is 0 Å². The van der Waals surface area contributed by atoms with Gasteiger partial charge in [-0.05, 0) is 26.0 Å². The van der Waals surface area contributed by atoms with E-state index in [2.05, 4.69) is 5.10 Å². The molecule has 0 atom stereocenters. The summed E-state index contributed by atoms with van der Waals surface area (Å²) in [4.78, 5) is 25.2. The van der Waals surface area contributed by atoms with Gasteiger partial charge in [-0.2, -0.15) is 5.10 Å². The Morgan fingerprint density at radius 3 is 2.68 bits per heavy atom. The Hall–Kier alpha value is -1.93. The summed E-state index contributed by atoms with van der Waals surface area (Å²) >= 11 is 7.27. The Morgan fingerprint density at radius 2 is 2.18 bits per heavy atom. The van der Waals surface area contributed by atoms with Crippen molar-refractivity contribution >= 4 is 34.5 Å². The highest BCUT2D eigenvalue weighted by molar-refractivity contribution is 7.16. The zero-order valence-electron chi connectivity index (χ0n) is 12.4. The number of halogens is 1. The normalized spacial score (nSPS) is 10.7. The van der Waals surface area contributed by atoms with Crippen LogP contribution >= 0.6 is 22.9 Å². The number of rotatable bonds is 5. The maximum Gasteiger partial charge on any atom is 0.312 e. The molecule has 0 aliphatic rings. The lowest BCUT2D eigenvalue weighted by Gasteiger charge is -2.16. The van der Waals surface area contributed by atoms with Crippen LogP contribution in [0.4, 0.5) is 5.69 Å². The molecule has 0 saturated heterocycles. The Bertz CT molecular complexity index is 725. The van der Waals surface area contributed by atoms with Crippen molar-refractivity contribution in [1.29, 1.82) is 0 Å². The molecule has 9 heteroatoms. The molecule has 0 bridgehead atoms. The zero-order chi connectivity index (χ0) is 16.4. The van der Waals surface area contributed by atoms with E-state index in [-0.39, 0.29) is 18.1 Å². The number of nitro groups is 1. The second-order valence-corrected chi connectivity index (χ2v) is 6.69. The molecule has 0 aliphatic heterocycles. The molecule has 1 amide bonds. The molecular formula is C13H15ClN4O3S. The lowest BCUT2D eigenvalue weighted by Crippen LogP contribution is -2.30. The van der Waals surface area contributed by atoms with Gasteiger partial charge in [0.25, 0.3) is 0 Å². The van der Waals surface area contributed by atoms with E-state index in [9.17, 15) is 14.9 Å². The van der Waals surface area contributed by atoms with Gasteiger partial charge in [0.05, 0.1) is 15.8 Å². The summed E-state index contributed by atoms with van der Waals surface area (Å²) in [7, 11) is 1.68. The zero-order valence-corrected chi connectivity index (χ0v) is 13.9. The summed E-state index contributed by atoms with van der Waals surface area (Å²) in [6.07, 6.45) is 0. The molecule has 0 spiro atoms. The highest BCUT2D eigenvalue weighted by Gasteiger charge is 2.23. The van der Waals surface area contributed by atoms with Gasteiger partial charge in [0, 0.05) is 11.9 Å². The van der Waals surface area contributed by atoms with Crippen molar-refractivity contribution in [3.05, 3.63) is 42.8 Å². The number of hydrogen-bond donors (Lipinski definition) is 0. The minimum absolute atomic E-state index is 0.0316. The van der Waals surface area contributed by atoms with Crippen LogP contribution in [-0.2, 0) is 17.9 Å². The molecule has 7 nitrogen and oxygen atoms in total. The quantitative estimate of drug-likeness (QED) is 0.618. The summed E-state index contributed by atoms with van der Waals surface area (Å²) in [6, 6.07) is 3.65.